The monoisotopic (exact) mass is 370 g/mol. The number of carbonyl (C=O) groups is 3. The first-order chi connectivity index (χ1) is 12.2. The van der Waals surface area contributed by atoms with E-state index < -0.39 is 17.5 Å². The molecule has 0 bridgehead atoms. The van der Waals surface area contributed by atoms with Gasteiger partial charge in [0.2, 0.25) is 0 Å². The van der Waals surface area contributed by atoms with E-state index in [0.717, 1.165) is 16.0 Å². The van der Waals surface area contributed by atoms with E-state index in [-0.39, 0.29) is 12.3 Å². The highest BCUT2D eigenvalue weighted by molar-refractivity contribution is 6.32. The molecule has 1 heterocycles. The summed E-state index contributed by atoms with van der Waals surface area (Å²) in [7, 11) is 0. The maximum absolute atomic E-state index is 12.9. The molecule has 2 aromatic carbocycles. The zero-order valence-corrected chi connectivity index (χ0v) is 15.6. The summed E-state index contributed by atoms with van der Waals surface area (Å²) in [5.74, 6) is -0.771. The predicted octanol–water partition coefficient (Wildman–Crippen LogP) is 3.61. The quantitative estimate of drug-likeness (QED) is 0.660. The summed E-state index contributed by atoms with van der Waals surface area (Å²) in [6.07, 6.45) is 0. The van der Waals surface area contributed by atoms with Crippen molar-refractivity contribution in [2.24, 2.45) is 0 Å². The Morgan fingerprint density at radius 3 is 2.54 bits per heavy atom. The smallest absolute Gasteiger partial charge is 0.319 e. The number of hydrogen-bond acceptors (Lipinski definition) is 3. The Morgan fingerprint density at radius 1 is 1.15 bits per heavy atom. The molecule has 0 radical (unpaired) electrons. The SMILES string of the molecule is Cc1ccc(C)c(C(=O)CN2C(=O)NC(C)(c3ccccc3Cl)C2=O)c1. The minimum atomic E-state index is -1.29. The summed E-state index contributed by atoms with van der Waals surface area (Å²) >= 11 is 6.21. The Bertz CT molecular complexity index is 925. The molecule has 5 nitrogen and oxygen atoms in total. The van der Waals surface area contributed by atoms with Crippen LogP contribution in [0.5, 0.6) is 0 Å². The number of carbonyl (C=O) groups excluding carboxylic acids is 3. The number of nitrogens with one attached hydrogen (secondary N) is 1. The van der Waals surface area contributed by atoms with Crippen molar-refractivity contribution in [1.82, 2.24) is 10.2 Å². The van der Waals surface area contributed by atoms with Crippen LogP contribution in [0.3, 0.4) is 0 Å². The zero-order chi connectivity index (χ0) is 19.1. The Kier molecular flexibility index (Phi) is 4.59. The van der Waals surface area contributed by atoms with E-state index in [1.807, 2.05) is 26.0 Å². The fraction of sp³-hybridized carbons (Fsp3) is 0.250. The van der Waals surface area contributed by atoms with E-state index in [1.54, 1.807) is 37.3 Å². The number of halogens is 1. The summed E-state index contributed by atoms with van der Waals surface area (Å²) in [5, 5.41) is 3.05. The number of urea groups is 1. The van der Waals surface area contributed by atoms with Gasteiger partial charge in [0.05, 0.1) is 6.54 Å². The molecule has 3 rings (SSSR count). The standard InChI is InChI=1S/C20H19ClN2O3/c1-12-8-9-13(2)14(10-12)17(24)11-23-18(25)20(3,22-19(23)26)15-6-4-5-7-16(15)21/h4-10H,11H2,1-3H3,(H,22,26). The zero-order valence-electron chi connectivity index (χ0n) is 14.8. The molecule has 3 amide bonds. The van der Waals surface area contributed by atoms with Gasteiger partial charge in [-0.05, 0) is 38.5 Å². The van der Waals surface area contributed by atoms with Gasteiger partial charge in [-0.3, -0.25) is 14.5 Å². The van der Waals surface area contributed by atoms with Crippen LogP contribution in [0.15, 0.2) is 42.5 Å². The van der Waals surface area contributed by atoms with Crippen molar-refractivity contribution in [3.8, 4) is 0 Å². The van der Waals surface area contributed by atoms with Crippen LogP contribution in [0.1, 0.15) is 34.0 Å². The number of amides is 3. The molecular weight excluding hydrogens is 352 g/mol. The third-order valence-corrected chi connectivity index (χ3v) is 5.01. The summed E-state index contributed by atoms with van der Waals surface area (Å²) in [4.78, 5) is 39.0. The molecule has 1 fully saturated rings. The number of hydrogen-bond donors (Lipinski definition) is 1. The molecule has 2 aromatic rings. The van der Waals surface area contributed by atoms with Crippen molar-refractivity contribution < 1.29 is 14.4 Å². The lowest BCUT2D eigenvalue weighted by Gasteiger charge is -2.23. The fourth-order valence-electron chi connectivity index (χ4n) is 3.15. The number of benzene rings is 2. The van der Waals surface area contributed by atoms with Crippen molar-refractivity contribution in [3.63, 3.8) is 0 Å². The summed E-state index contributed by atoms with van der Waals surface area (Å²) in [6, 6.07) is 11.8. The third-order valence-electron chi connectivity index (χ3n) is 4.68. The second kappa shape index (κ2) is 6.57. The minimum absolute atomic E-state index is 0.280. The van der Waals surface area contributed by atoms with Crippen molar-refractivity contribution in [2.75, 3.05) is 6.54 Å². The van der Waals surface area contributed by atoms with Crippen LogP contribution >= 0.6 is 11.6 Å². The van der Waals surface area contributed by atoms with Gasteiger partial charge in [-0.15, -0.1) is 0 Å². The highest BCUT2D eigenvalue weighted by Gasteiger charge is 2.50. The number of rotatable bonds is 4. The first kappa shape index (κ1) is 18.1. The fourth-order valence-corrected chi connectivity index (χ4v) is 3.48. The summed E-state index contributed by atoms with van der Waals surface area (Å²) in [5.41, 5.74) is 1.47. The number of ketones is 1. The molecule has 6 heteroatoms. The molecule has 0 aromatic heterocycles. The third kappa shape index (κ3) is 2.99. The summed E-state index contributed by atoms with van der Waals surface area (Å²) < 4.78 is 0. The molecule has 1 saturated heterocycles. The van der Waals surface area contributed by atoms with Gasteiger partial charge >= 0.3 is 6.03 Å². The highest BCUT2D eigenvalue weighted by atomic mass is 35.5. The highest BCUT2D eigenvalue weighted by Crippen LogP contribution is 2.33. The Balaban J connectivity index is 1.89. The molecular formula is C20H19ClN2O3. The van der Waals surface area contributed by atoms with Gasteiger partial charge in [-0.1, -0.05) is 47.5 Å². The molecule has 26 heavy (non-hydrogen) atoms. The summed E-state index contributed by atoms with van der Waals surface area (Å²) in [6.45, 7) is 5.00. The van der Waals surface area contributed by atoms with E-state index >= 15 is 0 Å². The van der Waals surface area contributed by atoms with Crippen LogP contribution in [-0.2, 0) is 10.3 Å². The van der Waals surface area contributed by atoms with Crippen molar-refractivity contribution >= 4 is 29.3 Å². The molecule has 0 spiro atoms. The van der Waals surface area contributed by atoms with Gasteiger partial charge in [-0.2, -0.15) is 0 Å². The largest absolute Gasteiger partial charge is 0.325 e. The Morgan fingerprint density at radius 2 is 1.85 bits per heavy atom. The van der Waals surface area contributed by atoms with Crippen molar-refractivity contribution in [3.05, 3.63) is 69.7 Å². The lowest BCUT2D eigenvalue weighted by molar-refractivity contribution is -0.130. The van der Waals surface area contributed by atoms with E-state index in [0.29, 0.717) is 16.1 Å². The van der Waals surface area contributed by atoms with Crippen LogP contribution in [0.4, 0.5) is 4.79 Å². The Labute approximate surface area is 156 Å². The second-order valence-corrected chi connectivity index (χ2v) is 7.08. The maximum atomic E-state index is 12.9. The average Bonchev–Trinajstić information content (AvgIpc) is 2.81. The number of aryl methyl sites for hydroxylation is 2. The second-order valence-electron chi connectivity index (χ2n) is 6.67. The molecule has 1 N–H and O–H groups in total. The lowest BCUT2D eigenvalue weighted by Crippen LogP contribution is -2.41. The molecule has 1 unspecified atom stereocenters. The maximum Gasteiger partial charge on any atom is 0.325 e. The minimum Gasteiger partial charge on any atom is -0.319 e. The van der Waals surface area contributed by atoms with Crippen LogP contribution < -0.4 is 5.32 Å². The topological polar surface area (TPSA) is 66.5 Å². The van der Waals surface area contributed by atoms with E-state index in [4.69, 9.17) is 11.6 Å². The van der Waals surface area contributed by atoms with Gasteiger partial charge in [0.25, 0.3) is 5.91 Å². The first-order valence-electron chi connectivity index (χ1n) is 8.23. The van der Waals surface area contributed by atoms with Gasteiger partial charge < -0.3 is 5.32 Å². The van der Waals surface area contributed by atoms with E-state index in [9.17, 15) is 14.4 Å². The molecule has 1 aliphatic rings. The van der Waals surface area contributed by atoms with E-state index in [1.165, 1.54) is 0 Å². The van der Waals surface area contributed by atoms with Crippen LogP contribution in [0.2, 0.25) is 5.02 Å². The van der Waals surface area contributed by atoms with E-state index in [2.05, 4.69) is 5.32 Å². The van der Waals surface area contributed by atoms with Gasteiger partial charge in [-0.25, -0.2) is 4.79 Å². The van der Waals surface area contributed by atoms with Gasteiger partial charge in [0, 0.05) is 16.1 Å². The number of Topliss-reactive ketones (excluding diaryl/α,β-unsaturated/α-hetero) is 1. The van der Waals surface area contributed by atoms with Crippen LogP contribution in [0.25, 0.3) is 0 Å². The number of imide groups is 1. The molecule has 134 valence electrons. The number of nitrogens with zero attached hydrogens (tertiary/aromatic N) is 1. The first-order valence-corrected chi connectivity index (χ1v) is 8.61. The Hall–Kier alpha value is -2.66. The van der Waals surface area contributed by atoms with Gasteiger partial charge in [0.15, 0.2) is 5.78 Å². The predicted molar refractivity (Wildman–Crippen MR) is 99.3 cm³/mol. The van der Waals surface area contributed by atoms with Gasteiger partial charge in [0.1, 0.15) is 5.54 Å². The van der Waals surface area contributed by atoms with Crippen molar-refractivity contribution in [2.45, 2.75) is 26.3 Å². The molecule has 0 saturated carbocycles. The van der Waals surface area contributed by atoms with Crippen LogP contribution in [-0.4, -0.2) is 29.2 Å². The lowest BCUT2D eigenvalue weighted by atomic mass is 9.92. The van der Waals surface area contributed by atoms with Crippen LogP contribution in [0, 0.1) is 13.8 Å². The average molecular weight is 371 g/mol. The normalized spacial score (nSPS) is 19.6. The molecule has 1 atom stereocenters. The van der Waals surface area contributed by atoms with Crippen molar-refractivity contribution in [1.29, 1.82) is 0 Å². The molecule has 0 aliphatic carbocycles. The molecule has 1 aliphatic heterocycles.